The summed E-state index contributed by atoms with van der Waals surface area (Å²) in [6, 6.07) is 9.16. The van der Waals surface area contributed by atoms with E-state index < -0.39 is 11.6 Å². The molecule has 2 aromatic carbocycles. The Bertz CT molecular complexity index is 1050. The fourth-order valence-corrected chi connectivity index (χ4v) is 4.27. The molecule has 6 nitrogen and oxygen atoms in total. The molecule has 2 amide bonds. The molecule has 3 aromatic rings. The summed E-state index contributed by atoms with van der Waals surface area (Å²) < 4.78 is 39.0. The highest BCUT2D eigenvalue weighted by Gasteiger charge is 2.25. The number of rotatable bonds is 5. The largest absolute Gasteiger partial charge is 0.492 e. The number of anilines is 1. The maximum Gasteiger partial charge on any atom is 0.321 e. The van der Waals surface area contributed by atoms with Gasteiger partial charge in [-0.2, -0.15) is 4.98 Å². The summed E-state index contributed by atoms with van der Waals surface area (Å²) in [4.78, 5) is 18.5. The Labute approximate surface area is 176 Å². The molecule has 1 saturated heterocycles. The Balaban J connectivity index is 1.34. The van der Waals surface area contributed by atoms with E-state index in [1.165, 1.54) is 6.07 Å². The predicted octanol–water partition coefficient (Wildman–Crippen LogP) is 5.05. The molecule has 0 spiro atoms. The van der Waals surface area contributed by atoms with Gasteiger partial charge in [0.2, 0.25) is 0 Å². The van der Waals surface area contributed by atoms with Gasteiger partial charge < -0.3 is 19.7 Å². The maximum atomic E-state index is 13.8. The normalized spacial score (nSPS) is 14.7. The van der Waals surface area contributed by atoms with E-state index in [4.69, 9.17) is 9.47 Å². The minimum absolute atomic E-state index is 0.112. The van der Waals surface area contributed by atoms with Crippen LogP contribution < -0.4 is 14.8 Å². The van der Waals surface area contributed by atoms with Crippen molar-refractivity contribution < 1.29 is 23.0 Å². The topological polar surface area (TPSA) is 63.7 Å². The van der Waals surface area contributed by atoms with Gasteiger partial charge in [-0.15, -0.1) is 0 Å². The zero-order valence-corrected chi connectivity index (χ0v) is 17.2. The average Bonchev–Trinajstić information content (AvgIpc) is 3.13. The molecule has 30 heavy (non-hydrogen) atoms. The van der Waals surface area contributed by atoms with Gasteiger partial charge in [-0.3, -0.25) is 0 Å². The van der Waals surface area contributed by atoms with Crippen molar-refractivity contribution in [3.05, 3.63) is 48.0 Å². The van der Waals surface area contributed by atoms with E-state index in [1.54, 1.807) is 11.0 Å². The van der Waals surface area contributed by atoms with Crippen LogP contribution in [0.5, 0.6) is 10.9 Å². The molecule has 1 aromatic heterocycles. The maximum absolute atomic E-state index is 13.8. The number of carbonyl (C=O) groups is 1. The van der Waals surface area contributed by atoms with E-state index in [1.807, 2.05) is 25.1 Å². The van der Waals surface area contributed by atoms with E-state index in [9.17, 15) is 13.6 Å². The first-order chi connectivity index (χ1) is 14.5. The molecule has 0 unspecified atom stereocenters. The Morgan fingerprint density at radius 1 is 1.27 bits per heavy atom. The number of amides is 2. The Morgan fingerprint density at radius 3 is 2.80 bits per heavy atom. The number of hydrogen-bond acceptors (Lipinski definition) is 5. The summed E-state index contributed by atoms with van der Waals surface area (Å²) in [6.07, 6.45) is 1.10. The highest BCUT2D eigenvalue weighted by Crippen LogP contribution is 2.32. The van der Waals surface area contributed by atoms with Gasteiger partial charge in [0.15, 0.2) is 5.82 Å². The van der Waals surface area contributed by atoms with Crippen LogP contribution in [-0.4, -0.2) is 41.7 Å². The first-order valence-electron chi connectivity index (χ1n) is 9.73. The minimum Gasteiger partial charge on any atom is -0.492 e. The van der Waals surface area contributed by atoms with Crippen LogP contribution in [0.2, 0.25) is 0 Å². The zero-order valence-electron chi connectivity index (χ0n) is 16.4. The van der Waals surface area contributed by atoms with Gasteiger partial charge in [-0.25, -0.2) is 13.6 Å². The van der Waals surface area contributed by atoms with Gasteiger partial charge in [0.25, 0.3) is 5.19 Å². The number of para-hydroxylation sites is 2. The first-order valence-corrected chi connectivity index (χ1v) is 10.5. The summed E-state index contributed by atoms with van der Waals surface area (Å²) in [7, 11) is 0. The lowest BCUT2D eigenvalue weighted by Crippen LogP contribution is -2.43. The fourth-order valence-electron chi connectivity index (χ4n) is 3.35. The van der Waals surface area contributed by atoms with Crippen LogP contribution in [0.25, 0.3) is 10.2 Å². The van der Waals surface area contributed by atoms with Gasteiger partial charge in [-0.05, 0) is 25.1 Å². The number of nitrogens with zero attached hydrogens (tertiary/aromatic N) is 2. The molecule has 0 atom stereocenters. The summed E-state index contributed by atoms with van der Waals surface area (Å²) in [6.45, 7) is 3.43. The number of carbonyl (C=O) groups excluding carboxylic acids is 1. The molecule has 1 N–H and O–H groups in total. The second kappa shape index (κ2) is 8.83. The molecule has 1 fully saturated rings. The minimum atomic E-state index is -0.699. The van der Waals surface area contributed by atoms with Crippen LogP contribution in [0.1, 0.15) is 19.8 Å². The Morgan fingerprint density at radius 2 is 2.03 bits per heavy atom. The molecule has 0 aliphatic carbocycles. The van der Waals surface area contributed by atoms with Crippen molar-refractivity contribution in [3.8, 4) is 10.9 Å². The molecule has 158 valence electrons. The molecule has 9 heteroatoms. The van der Waals surface area contributed by atoms with Crippen molar-refractivity contribution in [2.24, 2.45) is 0 Å². The lowest BCUT2D eigenvalue weighted by atomic mass is 10.1. The van der Waals surface area contributed by atoms with Crippen molar-refractivity contribution in [3.63, 3.8) is 0 Å². The van der Waals surface area contributed by atoms with E-state index in [0.29, 0.717) is 53.9 Å². The SMILES string of the molecule is CCOc1ccccc1NC(=O)N1CCC(Oc2nc3c(F)cc(F)cc3s2)CC1. The number of nitrogens with one attached hydrogen (secondary N) is 1. The van der Waals surface area contributed by atoms with E-state index in [0.717, 1.165) is 17.4 Å². The number of benzene rings is 2. The van der Waals surface area contributed by atoms with Gasteiger partial charge in [0.1, 0.15) is 23.2 Å². The highest BCUT2D eigenvalue weighted by molar-refractivity contribution is 7.20. The van der Waals surface area contributed by atoms with E-state index >= 15 is 0 Å². The summed E-state index contributed by atoms with van der Waals surface area (Å²) in [5.41, 5.74) is 0.743. The quantitative estimate of drug-likeness (QED) is 0.612. The number of hydrogen-bond donors (Lipinski definition) is 1. The zero-order chi connectivity index (χ0) is 21.1. The van der Waals surface area contributed by atoms with Crippen LogP contribution in [0.4, 0.5) is 19.3 Å². The number of piperidine rings is 1. The summed E-state index contributed by atoms with van der Waals surface area (Å²) in [5.74, 6) is -0.707. The third-order valence-electron chi connectivity index (χ3n) is 4.82. The van der Waals surface area contributed by atoms with Gasteiger partial charge in [0.05, 0.1) is 17.0 Å². The Hall–Kier alpha value is -2.94. The van der Waals surface area contributed by atoms with Crippen molar-refractivity contribution in [2.45, 2.75) is 25.9 Å². The fraction of sp³-hybridized carbons (Fsp3) is 0.333. The number of likely N-dealkylation sites (tertiary alicyclic amines) is 1. The second-order valence-corrected chi connectivity index (χ2v) is 7.87. The number of thiazole rings is 1. The van der Waals surface area contributed by atoms with Crippen molar-refractivity contribution in [1.82, 2.24) is 9.88 Å². The average molecular weight is 433 g/mol. The van der Waals surface area contributed by atoms with Crippen LogP contribution in [0, 0.1) is 11.6 Å². The smallest absolute Gasteiger partial charge is 0.321 e. The third-order valence-corrected chi connectivity index (χ3v) is 5.71. The Kier molecular flexibility index (Phi) is 5.98. The molecule has 1 aliphatic rings. The summed E-state index contributed by atoms with van der Waals surface area (Å²) in [5, 5.41) is 3.20. The number of halogens is 2. The molecule has 1 aliphatic heterocycles. The van der Waals surface area contributed by atoms with Crippen molar-refractivity contribution in [1.29, 1.82) is 0 Å². The van der Waals surface area contributed by atoms with Crippen LogP contribution in [-0.2, 0) is 0 Å². The van der Waals surface area contributed by atoms with Crippen molar-refractivity contribution >= 4 is 33.3 Å². The lowest BCUT2D eigenvalue weighted by molar-refractivity contribution is 0.115. The number of ether oxygens (including phenoxy) is 2. The molecule has 0 saturated carbocycles. The number of aromatic nitrogens is 1. The highest BCUT2D eigenvalue weighted by atomic mass is 32.1. The standard InChI is InChI=1S/C21H21F2N3O3S/c1-2-28-17-6-4-3-5-16(17)24-20(27)26-9-7-14(8-10-26)29-21-25-19-15(23)11-13(22)12-18(19)30-21/h3-6,11-12,14H,2,7-10H2,1H3,(H,24,27). The molecular formula is C21H21F2N3O3S. The van der Waals surface area contributed by atoms with Crippen LogP contribution in [0.3, 0.4) is 0 Å². The van der Waals surface area contributed by atoms with E-state index in [2.05, 4.69) is 10.3 Å². The number of urea groups is 1. The molecule has 4 rings (SSSR count). The van der Waals surface area contributed by atoms with Crippen LogP contribution >= 0.6 is 11.3 Å². The lowest BCUT2D eigenvalue weighted by Gasteiger charge is -2.31. The first kappa shape index (κ1) is 20.3. The predicted molar refractivity (Wildman–Crippen MR) is 111 cm³/mol. The van der Waals surface area contributed by atoms with E-state index in [-0.39, 0.29) is 17.7 Å². The molecular weight excluding hydrogens is 412 g/mol. The van der Waals surface area contributed by atoms with Crippen LogP contribution in [0.15, 0.2) is 36.4 Å². The summed E-state index contributed by atoms with van der Waals surface area (Å²) >= 11 is 1.11. The third kappa shape index (κ3) is 4.46. The van der Waals surface area contributed by atoms with Gasteiger partial charge in [0, 0.05) is 32.0 Å². The molecule has 0 radical (unpaired) electrons. The van der Waals surface area contributed by atoms with Crippen molar-refractivity contribution in [2.75, 3.05) is 25.0 Å². The van der Waals surface area contributed by atoms with Gasteiger partial charge >= 0.3 is 6.03 Å². The van der Waals surface area contributed by atoms with Gasteiger partial charge in [-0.1, -0.05) is 23.5 Å². The monoisotopic (exact) mass is 433 g/mol. The molecule has 2 heterocycles. The number of fused-ring (bicyclic) bond motifs is 1. The molecule has 0 bridgehead atoms. The second-order valence-electron chi connectivity index (χ2n) is 6.88.